The van der Waals surface area contributed by atoms with Crippen LogP contribution >= 0.6 is 0 Å². The first kappa shape index (κ1) is 26.6. The molecule has 0 bridgehead atoms. The summed E-state index contributed by atoms with van der Waals surface area (Å²) in [4.78, 5) is 21.0. The molecule has 13 heteroatoms. The van der Waals surface area contributed by atoms with Crippen LogP contribution in [0.2, 0.25) is 0 Å². The van der Waals surface area contributed by atoms with Crippen LogP contribution in [0.15, 0.2) is 48.8 Å². The number of halogens is 3. The average Bonchev–Trinajstić information content (AvgIpc) is 3.35. The molecule has 2 aliphatic heterocycles. The van der Waals surface area contributed by atoms with Crippen molar-refractivity contribution in [1.82, 2.24) is 14.5 Å². The van der Waals surface area contributed by atoms with Crippen LogP contribution in [0.4, 0.5) is 24.8 Å². The quantitative estimate of drug-likeness (QED) is 0.267. The molecule has 1 fully saturated rings. The fourth-order valence-electron chi connectivity index (χ4n) is 4.85. The van der Waals surface area contributed by atoms with E-state index in [0.717, 1.165) is 50.2 Å². The molecule has 0 amide bonds. The Morgan fingerprint density at radius 2 is 1.79 bits per heavy atom. The van der Waals surface area contributed by atoms with Crippen LogP contribution in [0, 0.1) is 16.0 Å². The monoisotopic (exact) mass is 547 g/mol. The van der Waals surface area contributed by atoms with Gasteiger partial charge in [-0.15, -0.1) is 13.2 Å². The molecule has 1 aromatic carbocycles. The van der Waals surface area contributed by atoms with Gasteiger partial charge < -0.3 is 29.2 Å². The van der Waals surface area contributed by atoms with Gasteiger partial charge in [0.05, 0.1) is 6.20 Å². The van der Waals surface area contributed by atoms with E-state index in [2.05, 4.69) is 19.6 Å². The standard InChI is InChI=1S/C26H28F3N5O5/c27-26(28,29)39-20-5-3-18(4-6-20)1-2-19-9-12-32(13-10-19)23-8-7-21(15-30-23)37-17-22-11-14-33-16-24(34(35)36)31-25(33)38-22/h3-8,15-16,19,22H,1-2,9-14,17H2/t22-/m1/s1. The minimum absolute atomic E-state index is 0.202. The first-order chi connectivity index (χ1) is 18.7. The largest absolute Gasteiger partial charge is 0.573 e. The zero-order chi connectivity index (χ0) is 27.4. The molecule has 39 heavy (non-hydrogen) atoms. The van der Waals surface area contributed by atoms with E-state index in [9.17, 15) is 23.3 Å². The Hall–Kier alpha value is -4.03. The minimum atomic E-state index is -4.68. The number of ether oxygens (including phenoxy) is 3. The van der Waals surface area contributed by atoms with Crippen molar-refractivity contribution in [2.75, 3.05) is 24.6 Å². The third-order valence-corrected chi connectivity index (χ3v) is 6.97. The predicted molar refractivity (Wildman–Crippen MR) is 134 cm³/mol. The molecule has 0 aliphatic carbocycles. The first-order valence-corrected chi connectivity index (χ1v) is 12.8. The Morgan fingerprint density at radius 3 is 2.46 bits per heavy atom. The second kappa shape index (κ2) is 11.4. The molecule has 0 radical (unpaired) electrons. The summed E-state index contributed by atoms with van der Waals surface area (Å²) in [5.41, 5.74) is 0.995. The molecule has 5 rings (SSSR count). The number of aryl methyl sites for hydroxylation is 2. The van der Waals surface area contributed by atoms with Crippen LogP contribution in [-0.2, 0) is 13.0 Å². The molecule has 1 atom stereocenters. The zero-order valence-electron chi connectivity index (χ0n) is 21.0. The number of fused-ring (bicyclic) bond motifs is 1. The highest BCUT2D eigenvalue weighted by atomic mass is 19.4. The molecule has 0 unspecified atom stereocenters. The summed E-state index contributed by atoms with van der Waals surface area (Å²) in [7, 11) is 0. The molecule has 0 N–H and O–H groups in total. The van der Waals surface area contributed by atoms with Gasteiger partial charge in [0.1, 0.15) is 36.2 Å². The van der Waals surface area contributed by atoms with Crippen LogP contribution in [0.25, 0.3) is 0 Å². The van der Waals surface area contributed by atoms with Crippen LogP contribution in [0.5, 0.6) is 17.5 Å². The highest BCUT2D eigenvalue weighted by molar-refractivity contribution is 5.41. The van der Waals surface area contributed by atoms with E-state index in [1.165, 1.54) is 18.3 Å². The Balaban J connectivity index is 1.03. The predicted octanol–water partition coefficient (Wildman–Crippen LogP) is 5.16. The Bertz CT molecular complexity index is 1260. The molecule has 2 aliphatic rings. The second-order valence-corrected chi connectivity index (χ2v) is 9.68. The molecule has 10 nitrogen and oxygen atoms in total. The van der Waals surface area contributed by atoms with Gasteiger partial charge in [0.15, 0.2) is 0 Å². The summed E-state index contributed by atoms with van der Waals surface area (Å²) in [5, 5.41) is 10.9. The highest BCUT2D eigenvalue weighted by Crippen LogP contribution is 2.28. The number of benzene rings is 1. The zero-order valence-corrected chi connectivity index (χ0v) is 21.0. The molecule has 0 saturated carbocycles. The number of imidazole rings is 1. The van der Waals surface area contributed by atoms with Crippen molar-refractivity contribution in [1.29, 1.82) is 0 Å². The minimum Gasteiger partial charge on any atom is -0.488 e. The number of hydrogen-bond donors (Lipinski definition) is 0. The topological polar surface area (TPSA) is 105 Å². The summed E-state index contributed by atoms with van der Waals surface area (Å²) in [5.74, 6) is 1.60. The van der Waals surface area contributed by atoms with Crippen molar-refractivity contribution in [2.24, 2.45) is 5.92 Å². The molecule has 2 aromatic heterocycles. The molecule has 208 valence electrons. The Labute approximate surface area is 222 Å². The van der Waals surface area contributed by atoms with Gasteiger partial charge in [-0.2, -0.15) is 0 Å². The Morgan fingerprint density at radius 1 is 1.05 bits per heavy atom. The number of piperidine rings is 1. The summed E-state index contributed by atoms with van der Waals surface area (Å²) in [6.45, 7) is 2.61. The number of nitrogens with zero attached hydrogens (tertiary/aromatic N) is 5. The van der Waals surface area contributed by atoms with Gasteiger partial charge in [0, 0.05) is 31.0 Å². The molecule has 4 heterocycles. The summed E-state index contributed by atoms with van der Waals surface area (Å²) < 4.78 is 54.1. The highest BCUT2D eigenvalue weighted by Gasteiger charge is 2.31. The maximum atomic E-state index is 12.3. The molecule has 1 saturated heterocycles. The number of aromatic nitrogens is 3. The first-order valence-electron chi connectivity index (χ1n) is 12.8. The van der Waals surface area contributed by atoms with Crippen molar-refractivity contribution in [2.45, 2.75) is 51.1 Å². The van der Waals surface area contributed by atoms with Crippen LogP contribution in [-0.4, -0.2) is 51.6 Å². The maximum absolute atomic E-state index is 12.3. The lowest BCUT2D eigenvalue weighted by atomic mass is 9.90. The van der Waals surface area contributed by atoms with Crippen molar-refractivity contribution in [3.63, 3.8) is 0 Å². The summed E-state index contributed by atoms with van der Waals surface area (Å²) in [6, 6.07) is 10.1. The molecule has 3 aromatic rings. The summed E-state index contributed by atoms with van der Waals surface area (Å²) >= 11 is 0. The van der Waals surface area contributed by atoms with E-state index < -0.39 is 11.3 Å². The third-order valence-electron chi connectivity index (χ3n) is 6.97. The normalized spacial score (nSPS) is 17.8. The number of anilines is 1. The third kappa shape index (κ3) is 7.09. The fourth-order valence-corrected chi connectivity index (χ4v) is 4.85. The SMILES string of the molecule is O=[N+]([O-])c1cn2c(n1)O[C@@H](COc1ccc(N3CCC(CCc4ccc(OC(F)(F)F)cc4)CC3)nc1)CC2. The number of nitro groups is 1. The van der Waals surface area contributed by atoms with Crippen molar-refractivity contribution < 1.29 is 32.3 Å². The maximum Gasteiger partial charge on any atom is 0.573 e. The number of pyridine rings is 1. The van der Waals surface area contributed by atoms with Crippen molar-refractivity contribution in [3.05, 3.63) is 64.5 Å². The number of alkyl halides is 3. The van der Waals surface area contributed by atoms with Crippen LogP contribution in [0.1, 0.15) is 31.2 Å². The smallest absolute Gasteiger partial charge is 0.488 e. The van der Waals surface area contributed by atoms with Gasteiger partial charge in [-0.25, -0.2) is 4.98 Å². The van der Waals surface area contributed by atoms with Gasteiger partial charge in [-0.3, -0.25) is 4.57 Å². The second-order valence-electron chi connectivity index (χ2n) is 9.68. The molecular formula is C26H28F3N5O5. The fraction of sp³-hybridized carbons (Fsp3) is 0.462. The number of rotatable bonds is 9. The van der Waals surface area contributed by atoms with Gasteiger partial charge in [0.25, 0.3) is 0 Å². The van der Waals surface area contributed by atoms with Gasteiger partial charge in [-0.1, -0.05) is 12.1 Å². The van der Waals surface area contributed by atoms with Crippen molar-refractivity contribution in [3.8, 4) is 17.5 Å². The van der Waals surface area contributed by atoms with E-state index in [1.54, 1.807) is 22.9 Å². The van der Waals surface area contributed by atoms with Crippen molar-refractivity contribution >= 4 is 11.6 Å². The average molecular weight is 548 g/mol. The lowest BCUT2D eigenvalue weighted by molar-refractivity contribution is -0.389. The van der Waals surface area contributed by atoms with Gasteiger partial charge in [0.2, 0.25) is 0 Å². The van der Waals surface area contributed by atoms with Crippen LogP contribution in [0.3, 0.4) is 0 Å². The van der Waals surface area contributed by atoms with Gasteiger partial charge in [-0.05, 0) is 66.4 Å². The van der Waals surface area contributed by atoms with Gasteiger partial charge >= 0.3 is 18.2 Å². The van der Waals surface area contributed by atoms with E-state index >= 15 is 0 Å². The van der Waals surface area contributed by atoms with E-state index in [1.807, 2.05) is 12.1 Å². The lowest BCUT2D eigenvalue weighted by Crippen LogP contribution is -2.34. The molecular weight excluding hydrogens is 519 g/mol. The Kier molecular flexibility index (Phi) is 7.75. The van der Waals surface area contributed by atoms with E-state index in [-0.39, 0.29) is 30.3 Å². The van der Waals surface area contributed by atoms with E-state index in [0.29, 0.717) is 24.6 Å². The van der Waals surface area contributed by atoms with E-state index in [4.69, 9.17) is 9.47 Å². The van der Waals surface area contributed by atoms with Crippen LogP contribution < -0.4 is 19.1 Å². The number of hydrogen-bond acceptors (Lipinski definition) is 8. The summed E-state index contributed by atoms with van der Waals surface area (Å²) in [6.07, 6.45) is 2.59. The lowest BCUT2D eigenvalue weighted by Gasteiger charge is -2.33. The molecule has 0 spiro atoms.